The second kappa shape index (κ2) is 4.89. The minimum Gasteiger partial charge on any atom is -0.394 e. The van der Waals surface area contributed by atoms with E-state index in [4.69, 9.17) is 17.3 Å². The van der Waals surface area contributed by atoms with Gasteiger partial charge in [-0.3, -0.25) is 4.79 Å². The Bertz CT molecular complexity index is 439. The average molecular weight is 256 g/mol. The Hall–Kier alpha value is -1.33. The zero-order valence-electron chi connectivity index (χ0n) is 9.27. The molecule has 6 heteroatoms. The summed E-state index contributed by atoms with van der Waals surface area (Å²) in [6.45, 7) is 0.618. The number of nitrogens with two attached hydrogens (primary N) is 1. The third-order valence-electron chi connectivity index (χ3n) is 2.96. The normalized spacial score (nSPS) is 19.6. The molecule has 1 aromatic heterocycles. The van der Waals surface area contributed by atoms with Crippen molar-refractivity contribution in [3.8, 4) is 0 Å². The van der Waals surface area contributed by atoms with Gasteiger partial charge in [0, 0.05) is 12.7 Å². The molecule has 1 amide bonds. The number of anilines is 1. The van der Waals surface area contributed by atoms with Gasteiger partial charge in [0.25, 0.3) is 5.91 Å². The molecular formula is C11H14ClN3O2. The number of rotatable bonds is 2. The summed E-state index contributed by atoms with van der Waals surface area (Å²) in [6, 6.07) is 1.35. The van der Waals surface area contributed by atoms with E-state index in [2.05, 4.69) is 4.98 Å². The highest BCUT2D eigenvalue weighted by molar-refractivity contribution is 6.33. The number of halogens is 1. The van der Waals surface area contributed by atoms with Crippen LogP contribution in [-0.4, -0.2) is 40.1 Å². The fourth-order valence-corrected chi connectivity index (χ4v) is 2.25. The summed E-state index contributed by atoms with van der Waals surface area (Å²) in [5, 5.41) is 9.48. The first-order valence-corrected chi connectivity index (χ1v) is 5.84. The predicted octanol–water partition coefficient (Wildman–Crippen LogP) is 0.914. The minimum absolute atomic E-state index is 0.0239. The molecule has 0 aliphatic carbocycles. The molecule has 1 saturated heterocycles. The summed E-state index contributed by atoms with van der Waals surface area (Å²) in [6.07, 6.45) is 3.09. The van der Waals surface area contributed by atoms with Gasteiger partial charge in [0.2, 0.25) is 0 Å². The third-order valence-corrected chi connectivity index (χ3v) is 3.26. The molecule has 1 fully saturated rings. The number of aliphatic hydroxyl groups is 1. The number of nitrogen functional groups attached to an aromatic ring is 1. The molecule has 2 heterocycles. The molecule has 0 saturated carbocycles. The average Bonchev–Trinajstić information content (AvgIpc) is 2.79. The van der Waals surface area contributed by atoms with Crippen LogP contribution < -0.4 is 5.73 Å². The van der Waals surface area contributed by atoms with Crippen LogP contribution in [0.25, 0.3) is 0 Å². The van der Waals surface area contributed by atoms with Crippen LogP contribution in [0.15, 0.2) is 12.3 Å². The van der Waals surface area contributed by atoms with E-state index in [0.29, 0.717) is 12.1 Å². The maximum atomic E-state index is 12.2. The molecule has 2 rings (SSSR count). The summed E-state index contributed by atoms with van der Waals surface area (Å²) in [5.74, 6) is 0.0677. The van der Waals surface area contributed by atoms with Crippen LogP contribution in [-0.2, 0) is 0 Å². The quantitative estimate of drug-likeness (QED) is 0.823. The lowest BCUT2D eigenvalue weighted by atomic mass is 10.2. The Labute approximate surface area is 104 Å². The number of amides is 1. The highest BCUT2D eigenvalue weighted by Crippen LogP contribution is 2.24. The van der Waals surface area contributed by atoms with Crippen LogP contribution in [0.5, 0.6) is 0 Å². The monoisotopic (exact) mass is 255 g/mol. The maximum Gasteiger partial charge on any atom is 0.255 e. The molecular weight excluding hydrogens is 242 g/mol. The summed E-state index contributed by atoms with van der Waals surface area (Å²) < 4.78 is 0. The van der Waals surface area contributed by atoms with Gasteiger partial charge in [-0.1, -0.05) is 11.6 Å². The number of carbonyl (C=O) groups is 1. The summed E-state index contributed by atoms with van der Waals surface area (Å²) in [7, 11) is 0. The van der Waals surface area contributed by atoms with E-state index in [0.717, 1.165) is 12.8 Å². The SMILES string of the molecule is Nc1cc(C(=O)N2CCCC2CO)c(Cl)cn1. The molecule has 0 aromatic carbocycles. The Morgan fingerprint density at radius 2 is 2.47 bits per heavy atom. The second-order valence-electron chi connectivity index (χ2n) is 4.07. The van der Waals surface area contributed by atoms with Crippen molar-refractivity contribution in [3.05, 3.63) is 22.8 Å². The second-order valence-corrected chi connectivity index (χ2v) is 4.47. The number of hydrogen-bond acceptors (Lipinski definition) is 4. The van der Waals surface area contributed by atoms with Crippen molar-refractivity contribution >= 4 is 23.3 Å². The van der Waals surface area contributed by atoms with Crippen molar-refractivity contribution in [2.24, 2.45) is 0 Å². The van der Waals surface area contributed by atoms with Gasteiger partial charge in [-0.15, -0.1) is 0 Å². The van der Waals surface area contributed by atoms with Gasteiger partial charge in [0.15, 0.2) is 0 Å². The molecule has 0 spiro atoms. The molecule has 3 N–H and O–H groups in total. The number of aromatic nitrogens is 1. The first kappa shape index (κ1) is 12.1. The highest BCUT2D eigenvalue weighted by Gasteiger charge is 2.29. The predicted molar refractivity (Wildman–Crippen MR) is 64.8 cm³/mol. The number of likely N-dealkylation sites (tertiary alicyclic amines) is 1. The highest BCUT2D eigenvalue weighted by atomic mass is 35.5. The molecule has 0 bridgehead atoms. The molecule has 1 aliphatic heterocycles. The lowest BCUT2D eigenvalue weighted by Crippen LogP contribution is -2.37. The third kappa shape index (κ3) is 2.35. The topological polar surface area (TPSA) is 79.5 Å². The standard InChI is InChI=1S/C11H14ClN3O2/c12-9-5-14-10(13)4-8(9)11(17)15-3-1-2-7(15)6-16/h4-5,7,16H,1-3,6H2,(H2,13,14). The van der Waals surface area contributed by atoms with E-state index in [1.165, 1.54) is 12.3 Å². The molecule has 5 nitrogen and oxygen atoms in total. The van der Waals surface area contributed by atoms with E-state index in [-0.39, 0.29) is 29.4 Å². The molecule has 17 heavy (non-hydrogen) atoms. The Kier molecular flexibility index (Phi) is 3.49. The fourth-order valence-electron chi connectivity index (χ4n) is 2.07. The zero-order chi connectivity index (χ0) is 12.4. The van der Waals surface area contributed by atoms with Gasteiger partial charge in [-0.25, -0.2) is 4.98 Å². The fraction of sp³-hybridized carbons (Fsp3) is 0.455. The largest absolute Gasteiger partial charge is 0.394 e. The molecule has 1 unspecified atom stereocenters. The zero-order valence-corrected chi connectivity index (χ0v) is 10.0. The van der Waals surface area contributed by atoms with Crippen LogP contribution >= 0.6 is 11.6 Å². The van der Waals surface area contributed by atoms with E-state index < -0.39 is 0 Å². The molecule has 0 radical (unpaired) electrons. The van der Waals surface area contributed by atoms with Crippen molar-refractivity contribution in [3.63, 3.8) is 0 Å². The minimum atomic E-state index is -0.194. The molecule has 1 atom stereocenters. The van der Waals surface area contributed by atoms with Crippen LogP contribution in [0.3, 0.4) is 0 Å². The first-order chi connectivity index (χ1) is 8.13. The van der Waals surface area contributed by atoms with Gasteiger partial charge >= 0.3 is 0 Å². The van der Waals surface area contributed by atoms with Crippen molar-refractivity contribution in [1.82, 2.24) is 9.88 Å². The van der Waals surface area contributed by atoms with Gasteiger partial charge in [0.05, 0.1) is 23.2 Å². The Balaban J connectivity index is 2.27. The number of aliphatic hydroxyl groups excluding tert-OH is 1. The van der Waals surface area contributed by atoms with Crippen LogP contribution in [0.4, 0.5) is 5.82 Å². The van der Waals surface area contributed by atoms with E-state index in [1.807, 2.05) is 0 Å². The van der Waals surface area contributed by atoms with Crippen LogP contribution in [0, 0.1) is 0 Å². The van der Waals surface area contributed by atoms with Crippen LogP contribution in [0.2, 0.25) is 5.02 Å². The molecule has 1 aliphatic rings. The number of carbonyl (C=O) groups excluding carboxylic acids is 1. The van der Waals surface area contributed by atoms with E-state index in [1.54, 1.807) is 4.90 Å². The summed E-state index contributed by atoms with van der Waals surface area (Å²) in [5.41, 5.74) is 5.89. The Morgan fingerprint density at radius 1 is 1.71 bits per heavy atom. The van der Waals surface area contributed by atoms with Crippen LogP contribution in [0.1, 0.15) is 23.2 Å². The smallest absolute Gasteiger partial charge is 0.255 e. The summed E-state index contributed by atoms with van der Waals surface area (Å²) in [4.78, 5) is 17.7. The van der Waals surface area contributed by atoms with Gasteiger partial charge in [0.1, 0.15) is 5.82 Å². The molecule has 1 aromatic rings. The summed E-state index contributed by atoms with van der Waals surface area (Å²) >= 11 is 5.93. The maximum absolute atomic E-state index is 12.2. The van der Waals surface area contributed by atoms with Gasteiger partial charge in [-0.2, -0.15) is 0 Å². The number of hydrogen-bond donors (Lipinski definition) is 2. The number of nitrogens with zero attached hydrogens (tertiary/aromatic N) is 2. The van der Waals surface area contributed by atoms with Crippen molar-refractivity contribution in [2.45, 2.75) is 18.9 Å². The lowest BCUT2D eigenvalue weighted by Gasteiger charge is -2.23. The van der Waals surface area contributed by atoms with Crippen molar-refractivity contribution < 1.29 is 9.90 Å². The van der Waals surface area contributed by atoms with E-state index >= 15 is 0 Å². The first-order valence-electron chi connectivity index (χ1n) is 5.46. The van der Waals surface area contributed by atoms with Crippen molar-refractivity contribution in [1.29, 1.82) is 0 Å². The lowest BCUT2D eigenvalue weighted by molar-refractivity contribution is 0.0677. The van der Waals surface area contributed by atoms with Gasteiger partial charge in [-0.05, 0) is 18.9 Å². The molecule has 92 valence electrons. The Morgan fingerprint density at radius 3 is 3.18 bits per heavy atom. The van der Waals surface area contributed by atoms with E-state index in [9.17, 15) is 9.90 Å². The van der Waals surface area contributed by atoms with Gasteiger partial charge < -0.3 is 15.7 Å². The number of pyridine rings is 1. The van der Waals surface area contributed by atoms with Crippen molar-refractivity contribution in [2.75, 3.05) is 18.9 Å².